The van der Waals surface area contributed by atoms with Crippen molar-refractivity contribution in [2.24, 2.45) is 0 Å². The van der Waals surface area contributed by atoms with Gasteiger partial charge in [-0.15, -0.1) is 0 Å². The van der Waals surface area contributed by atoms with Gasteiger partial charge in [0.1, 0.15) is 5.82 Å². The van der Waals surface area contributed by atoms with E-state index in [2.05, 4.69) is 10.4 Å². The summed E-state index contributed by atoms with van der Waals surface area (Å²) in [6.45, 7) is 4.31. The van der Waals surface area contributed by atoms with Crippen LogP contribution in [0.25, 0.3) is 5.69 Å². The Morgan fingerprint density at radius 1 is 1.03 bits per heavy atom. The quantitative estimate of drug-likeness (QED) is 0.324. The largest absolute Gasteiger partial charge is 0.550 e. The fourth-order valence-electron chi connectivity index (χ4n) is 4.34. The fourth-order valence-corrected chi connectivity index (χ4v) is 4.34. The minimum atomic E-state index is -1.39. The van der Waals surface area contributed by atoms with E-state index in [4.69, 9.17) is 0 Å². The number of hydrogen-bond donors (Lipinski definition) is 3. The molecular weight excluding hydrogens is 477 g/mol. The summed E-state index contributed by atoms with van der Waals surface area (Å²) in [6.07, 6.45) is -1.72. The van der Waals surface area contributed by atoms with Crippen LogP contribution in [0.15, 0.2) is 54.6 Å². The summed E-state index contributed by atoms with van der Waals surface area (Å²) in [5.41, 5.74) is 3.31. The Labute approximate surface area is 215 Å². The lowest BCUT2D eigenvalue weighted by molar-refractivity contribution is -0.307. The summed E-state index contributed by atoms with van der Waals surface area (Å²) in [6, 6.07) is 15.5. The minimum absolute atomic E-state index is 0.0834. The number of carboxylic acids is 1. The second-order valence-electron chi connectivity index (χ2n) is 9.40. The highest BCUT2D eigenvalue weighted by Crippen LogP contribution is 2.28. The van der Waals surface area contributed by atoms with E-state index >= 15 is 0 Å². The van der Waals surface area contributed by atoms with Gasteiger partial charge in [0.15, 0.2) is 5.69 Å². The van der Waals surface area contributed by atoms with Crippen molar-refractivity contribution < 1.29 is 29.3 Å². The van der Waals surface area contributed by atoms with Gasteiger partial charge in [0.25, 0.3) is 5.91 Å². The number of hydrogen-bond acceptors (Lipinski definition) is 6. The van der Waals surface area contributed by atoms with Gasteiger partial charge in [0, 0.05) is 30.2 Å². The molecule has 0 unspecified atom stereocenters. The summed E-state index contributed by atoms with van der Waals surface area (Å²) in [5, 5.41) is 38.5. The summed E-state index contributed by atoms with van der Waals surface area (Å²) in [7, 11) is 0. The molecule has 1 heterocycles. The van der Waals surface area contributed by atoms with E-state index in [1.165, 1.54) is 12.1 Å². The van der Waals surface area contributed by atoms with Crippen molar-refractivity contribution in [3.63, 3.8) is 0 Å². The second-order valence-corrected chi connectivity index (χ2v) is 9.40. The molecule has 0 aliphatic rings. The van der Waals surface area contributed by atoms with Crippen LogP contribution < -0.4 is 10.4 Å². The van der Waals surface area contributed by atoms with E-state index in [0.717, 1.165) is 5.56 Å². The molecule has 1 aromatic heterocycles. The van der Waals surface area contributed by atoms with Crippen molar-refractivity contribution in [2.75, 3.05) is 6.54 Å². The van der Waals surface area contributed by atoms with Crippen LogP contribution in [0.1, 0.15) is 66.3 Å². The zero-order valence-corrected chi connectivity index (χ0v) is 21.1. The monoisotopic (exact) mass is 510 g/mol. The topological polar surface area (TPSA) is 128 Å². The van der Waals surface area contributed by atoms with Gasteiger partial charge in [-0.3, -0.25) is 4.79 Å². The van der Waals surface area contributed by atoms with Crippen LogP contribution in [0.3, 0.4) is 0 Å². The van der Waals surface area contributed by atoms with Gasteiger partial charge in [-0.05, 0) is 61.4 Å². The van der Waals surface area contributed by atoms with Crippen molar-refractivity contribution >= 4 is 11.9 Å². The molecule has 0 aliphatic carbocycles. The van der Waals surface area contributed by atoms with Crippen LogP contribution in [-0.4, -0.2) is 50.6 Å². The average molecular weight is 511 g/mol. The molecule has 1 amide bonds. The van der Waals surface area contributed by atoms with Crippen molar-refractivity contribution in [2.45, 2.75) is 64.1 Å². The number of carbonyl (C=O) groups is 2. The predicted octanol–water partition coefficient (Wildman–Crippen LogP) is 2.29. The first-order chi connectivity index (χ1) is 17.7. The third kappa shape index (κ3) is 7.96. The molecule has 3 N–H and O–H groups in total. The molecule has 3 aromatic rings. The van der Waals surface area contributed by atoms with Crippen LogP contribution >= 0.6 is 0 Å². The number of carboxylic acid groups (broad SMARTS) is 1. The predicted molar refractivity (Wildman–Crippen MR) is 135 cm³/mol. The number of aliphatic carboxylic acids is 1. The van der Waals surface area contributed by atoms with E-state index in [-0.39, 0.29) is 30.4 Å². The van der Waals surface area contributed by atoms with Crippen LogP contribution in [0.4, 0.5) is 4.39 Å². The van der Waals surface area contributed by atoms with E-state index in [0.29, 0.717) is 36.3 Å². The molecule has 9 heteroatoms. The van der Waals surface area contributed by atoms with Gasteiger partial charge in [-0.1, -0.05) is 44.2 Å². The Morgan fingerprint density at radius 2 is 1.70 bits per heavy atom. The van der Waals surface area contributed by atoms with E-state index < -0.39 is 30.4 Å². The zero-order valence-electron chi connectivity index (χ0n) is 21.1. The highest BCUT2D eigenvalue weighted by Gasteiger charge is 2.26. The third-order valence-electron chi connectivity index (χ3n) is 6.09. The standard InChI is InChI=1S/C28H34FN3O5/c1-18(2)26-24(13-12-22(33)16-23(34)17-25(35)36)32(21-10-8-20(29)9-11-21)31-27(26)28(37)30-15-14-19-6-4-3-5-7-19/h3-11,18,22-23,33-34H,12-17H2,1-2H3,(H,30,37)(H,35,36)/p-1/t22-,23-/m1/s1. The molecular formula is C28H33FN3O5-. The lowest BCUT2D eigenvalue weighted by atomic mass is 9.95. The lowest BCUT2D eigenvalue weighted by Gasteiger charge is -2.17. The zero-order chi connectivity index (χ0) is 26.9. The summed E-state index contributed by atoms with van der Waals surface area (Å²) < 4.78 is 15.2. The minimum Gasteiger partial charge on any atom is -0.550 e. The maximum Gasteiger partial charge on any atom is 0.272 e. The molecule has 2 aromatic carbocycles. The first kappa shape index (κ1) is 28.0. The summed E-state index contributed by atoms with van der Waals surface area (Å²) >= 11 is 0. The summed E-state index contributed by atoms with van der Waals surface area (Å²) in [4.78, 5) is 23.9. The normalized spacial score (nSPS) is 12.9. The number of halogens is 1. The average Bonchev–Trinajstić information content (AvgIpc) is 3.23. The van der Waals surface area contributed by atoms with E-state index in [1.54, 1.807) is 16.8 Å². The van der Waals surface area contributed by atoms with E-state index in [1.807, 2.05) is 44.2 Å². The number of nitrogens with zero attached hydrogens (tertiary/aromatic N) is 2. The highest BCUT2D eigenvalue weighted by molar-refractivity contribution is 5.94. The fraction of sp³-hybridized carbons (Fsp3) is 0.393. The van der Waals surface area contributed by atoms with Crippen LogP contribution in [0.5, 0.6) is 0 Å². The smallest absolute Gasteiger partial charge is 0.272 e. The van der Waals surface area contributed by atoms with Crippen molar-refractivity contribution in [1.82, 2.24) is 15.1 Å². The van der Waals surface area contributed by atoms with Crippen molar-refractivity contribution in [3.05, 3.63) is 82.9 Å². The van der Waals surface area contributed by atoms with Crippen LogP contribution in [0.2, 0.25) is 0 Å². The maximum absolute atomic E-state index is 13.6. The van der Waals surface area contributed by atoms with Crippen molar-refractivity contribution in [1.29, 1.82) is 0 Å². The first-order valence-corrected chi connectivity index (χ1v) is 12.4. The first-order valence-electron chi connectivity index (χ1n) is 12.4. The summed E-state index contributed by atoms with van der Waals surface area (Å²) in [5.74, 6) is -2.21. The highest BCUT2D eigenvalue weighted by atomic mass is 19.1. The van der Waals surface area contributed by atoms with Gasteiger partial charge in [-0.25, -0.2) is 9.07 Å². The number of rotatable bonds is 13. The third-order valence-corrected chi connectivity index (χ3v) is 6.09. The number of benzene rings is 2. The Hall–Kier alpha value is -3.56. The van der Waals surface area contributed by atoms with E-state index in [9.17, 15) is 29.3 Å². The molecule has 0 spiro atoms. The Morgan fingerprint density at radius 3 is 2.32 bits per heavy atom. The molecule has 0 aliphatic heterocycles. The lowest BCUT2D eigenvalue weighted by Crippen LogP contribution is -2.29. The molecule has 3 rings (SSSR count). The van der Waals surface area contributed by atoms with Crippen molar-refractivity contribution in [3.8, 4) is 5.69 Å². The molecule has 0 radical (unpaired) electrons. The Balaban J connectivity index is 1.85. The van der Waals surface area contributed by atoms with Crippen LogP contribution in [-0.2, 0) is 17.6 Å². The number of carbonyl (C=O) groups excluding carboxylic acids is 2. The van der Waals surface area contributed by atoms with Gasteiger partial charge < -0.3 is 25.4 Å². The second kappa shape index (κ2) is 13.1. The number of aromatic nitrogens is 2. The molecule has 37 heavy (non-hydrogen) atoms. The molecule has 0 fully saturated rings. The maximum atomic E-state index is 13.6. The SMILES string of the molecule is CC(C)c1c(C(=O)NCCc2ccccc2)nn(-c2ccc(F)cc2)c1CC[C@@H](O)C[C@@H](O)CC(=O)[O-]. The molecule has 0 saturated carbocycles. The number of aliphatic hydroxyl groups excluding tert-OH is 2. The van der Waals surface area contributed by atoms with Gasteiger partial charge in [-0.2, -0.15) is 5.10 Å². The molecule has 198 valence electrons. The molecule has 0 bridgehead atoms. The Bertz CT molecular complexity index is 1180. The number of nitrogens with one attached hydrogen (secondary N) is 1. The number of amides is 1. The van der Waals surface area contributed by atoms with Gasteiger partial charge in [0.05, 0.1) is 17.9 Å². The van der Waals surface area contributed by atoms with Gasteiger partial charge in [0.2, 0.25) is 0 Å². The van der Waals surface area contributed by atoms with Gasteiger partial charge >= 0.3 is 0 Å². The Kier molecular flexibility index (Phi) is 9.93. The molecule has 2 atom stereocenters. The molecule has 8 nitrogen and oxygen atoms in total. The molecule has 0 saturated heterocycles. The van der Waals surface area contributed by atoms with Crippen LogP contribution in [0, 0.1) is 5.82 Å². The number of aliphatic hydroxyl groups is 2.